The quantitative estimate of drug-likeness (QED) is 0.815. The Morgan fingerprint density at radius 1 is 1.38 bits per heavy atom. The number of amides is 1. The molecule has 0 atom stereocenters. The topological polar surface area (TPSA) is 73.4 Å². The van der Waals surface area contributed by atoms with Crippen LogP contribution in [0.5, 0.6) is 0 Å². The molecule has 5 heteroatoms. The summed E-state index contributed by atoms with van der Waals surface area (Å²) < 4.78 is 0. The van der Waals surface area contributed by atoms with E-state index in [0.29, 0.717) is 30.1 Å². The number of rotatable bonds is 6. The predicted molar refractivity (Wildman–Crippen MR) is 86.2 cm³/mol. The number of carbonyl (C=O) groups is 1. The van der Waals surface area contributed by atoms with Gasteiger partial charge in [-0.1, -0.05) is 13.8 Å². The number of nitriles is 1. The number of nitrogen functional groups attached to an aromatic ring is 1. The predicted octanol–water partition coefficient (Wildman–Crippen LogP) is 2.35. The number of benzene rings is 1. The number of hydrogen-bond acceptors (Lipinski definition) is 4. The minimum atomic E-state index is -0.0688. The van der Waals surface area contributed by atoms with Gasteiger partial charge in [0.15, 0.2) is 0 Å². The van der Waals surface area contributed by atoms with Gasteiger partial charge in [-0.15, -0.1) is 0 Å². The molecular weight excluding hydrogens is 264 g/mol. The first-order chi connectivity index (χ1) is 9.86. The van der Waals surface area contributed by atoms with Crippen molar-refractivity contribution < 1.29 is 4.79 Å². The van der Waals surface area contributed by atoms with E-state index >= 15 is 0 Å². The second kappa shape index (κ2) is 7.53. The Morgan fingerprint density at radius 3 is 2.52 bits per heavy atom. The van der Waals surface area contributed by atoms with Crippen LogP contribution in [0.2, 0.25) is 0 Å². The normalized spacial score (nSPS) is 10.3. The average molecular weight is 288 g/mol. The number of nitrogens with two attached hydrogens (primary N) is 1. The molecule has 1 aromatic carbocycles. The van der Waals surface area contributed by atoms with Crippen molar-refractivity contribution in [2.24, 2.45) is 5.92 Å². The van der Waals surface area contributed by atoms with Gasteiger partial charge in [-0.3, -0.25) is 4.79 Å². The maximum absolute atomic E-state index is 11.9. The Kier molecular flexibility index (Phi) is 6.04. The molecule has 5 nitrogen and oxygen atoms in total. The zero-order valence-electron chi connectivity index (χ0n) is 13.3. The summed E-state index contributed by atoms with van der Waals surface area (Å²) >= 11 is 0. The average Bonchev–Trinajstić information content (AvgIpc) is 2.42. The van der Waals surface area contributed by atoms with E-state index in [-0.39, 0.29) is 5.91 Å². The highest BCUT2D eigenvalue weighted by Gasteiger charge is 2.14. The number of carbonyl (C=O) groups excluding carboxylic acids is 1. The summed E-state index contributed by atoms with van der Waals surface area (Å²) in [5.74, 6) is 0.395. The summed E-state index contributed by atoms with van der Waals surface area (Å²) in [6.45, 7) is 5.71. The van der Waals surface area contributed by atoms with Gasteiger partial charge < -0.3 is 15.5 Å². The third-order valence-corrected chi connectivity index (χ3v) is 3.10. The summed E-state index contributed by atoms with van der Waals surface area (Å²) in [5.41, 5.74) is 8.14. The molecule has 21 heavy (non-hydrogen) atoms. The van der Waals surface area contributed by atoms with Gasteiger partial charge in [0.25, 0.3) is 5.91 Å². The zero-order valence-corrected chi connectivity index (χ0v) is 13.3. The molecule has 0 aromatic heterocycles. The number of anilines is 2. The third-order valence-electron chi connectivity index (χ3n) is 3.10. The summed E-state index contributed by atoms with van der Waals surface area (Å²) in [6, 6.07) is 7.52. The first-order valence-electron chi connectivity index (χ1n) is 7.10. The lowest BCUT2D eigenvalue weighted by molar-refractivity contribution is 0.0827. The lowest BCUT2D eigenvalue weighted by atomic mass is 10.1. The van der Waals surface area contributed by atoms with Crippen molar-refractivity contribution >= 4 is 17.3 Å². The van der Waals surface area contributed by atoms with Gasteiger partial charge in [0.1, 0.15) is 0 Å². The van der Waals surface area contributed by atoms with Gasteiger partial charge in [-0.05, 0) is 24.1 Å². The van der Waals surface area contributed by atoms with Crippen molar-refractivity contribution in [2.45, 2.75) is 20.3 Å². The summed E-state index contributed by atoms with van der Waals surface area (Å²) in [4.78, 5) is 15.6. The maximum atomic E-state index is 11.9. The second-order valence-electron chi connectivity index (χ2n) is 5.72. The molecule has 0 aliphatic rings. The van der Waals surface area contributed by atoms with Crippen molar-refractivity contribution in [1.82, 2.24) is 4.90 Å². The lowest BCUT2D eigenvalue weighted by Gasteiger charge is -2.27. The first kappa shape index (κ1) is 16.8. The minimum absolute atomic E-state index is 0.0688. The van der Waals surface area contributed by atoms with Crippen LogP contribution < -0.4 is 10.6 Å². The molecule has 0 saturated heterocycles. The minimum Gasteiger partial charge on any atom is -0.397 e. The van der Waals surface area contributed by atoms with Crippen LogP contribution in [0.3, 0.4) is 0 Å². The van der Waals surface area contributed by atoms with E-state index in [0.717, 1.165) is 12.2 Å². The van der Waals surface area contributed by atoms with Gasteiger partial charge in [-0.25, -0.2) is 0 Å². The smallest absolute Gasteiger partial charge is 0.253 e. The Morgan fingerprint density at radius 2 is 2.05 bits per heavy atom. The van der Waals surface area contributed by atoms with E-state index in [4.69, 9.17) is 11.0 Å². The van der Waals surface area contributed by atoms with Gasteiger partial charge in [0, 0.05) is 32.7 Å². The summed E-state index contributed by atoms with van der Waals surface area (Å²) in [5, 5.41) is 8.79. The summed E-state index contributed by atoms with van der Waals surface area (Å²) in [6.07, 6.45) is 0.449. The van der Waals surface area contributed by atoms with Crippen LogP contribution >= 0.6 is 0 Å². The molecule has 0 saturated carbocycles. The van der Waals surface area contributed by atoms with E-state index < -0.39 is 0 Å². The van der Waals surface area contributed by atoms with E-state index in [1.165, 1.54) is 4.90 Å². The highest BCUT2D eigenvalue weighted by Crippen LogP contribution is 2.26. The summed E-state index contributed by atoms with van der Waals surface area (Å²) in [7, 11) is 3.43. The van der Waals surface area contributed by atoms with Gasteiger partial charge in [0.2, 0.25) is 0 Å². The molecule has 1 aromatic rings. The molecule has 0 aliphatic heterocycles. The Bertz CT molecular complexity index is 532. The standard InChI is InChI=1S/C16H24N4O/c1-12(2)11-20(9-5-8-17)15-7-6-13(10-14(15)18)16(21)19(3)4/h6-7,10,12H,5,9,11,18H2,1-4H3. The maximum Gasteiger partial charge on any atom is 0.253 e. The fraction of sp³-hybridized carbons (Fsp3) is 0.500. The fourth-order valence-electron chi connectivity index (χ4n) is 2.17. The van der Waals surface area contributed by atoms with Crippen LogP contribution in [0, 0.1) is 17.2 Å². The fourth-order valence-corrected chi connectivity index (χ4v) is 2.17. The molecule has 0 spiro atoms. The van der Waals surface area contributed by atoms with Gasteiger partial charge >= 0.3 is 0 Å². The second-order valence-corrected chi connectivity index (χ2v) is 5.72. The molecule has 0 bridgehead atoms. The highest BCUT2D eigenvalue weighted by molar-refractivity contribution is 5.95. The molecule has 2 N–H and O–H groups in total. The molecule has 114 valence electrons. The van der Waals surface area contributed by atoms with Crippen molar-refractivity contribution in [3.63, 3.8) is 0 Å². The van der Waals surface area contributed by atoms with Gasteiger partial charge in [0.05, 0.1) is 23.9 Å². The third kappa shape index (κ3) is 4.67. The molecule has 0 unspecified atom stereocenters. The molecule has 1 amide bonds. The van der Waals surface area contributed by atoms with E-state index in [9.17, 15) is 4.79 Å². The van der Waals surface area contributed by atoms with Crippen molar-refractivity contribution in [2.75, 3.05) is 37.8 Å². The largest absolute Gasteiger partial charge is 0.397 e. The van der Waals surface area contributed by atoms with Gasteiger partial charge in [-0.2, -0.15) is 5.26 Å². The Hall–Kier alpha value is -2.22. The van der Waals surface area contributed by atoms with E-state index in [1.807, 2.05) is 6.07 Å². The zero-order chi connectivity index (χ0) is 16.0. The molecule has 1 rings (SSSR count). The van der Waals surface area contributed by atoms with Crippen LogP contribution in [0.4, 0.5) is 11.4 Å². The van der Waals surface area contributed by atoms with E-state index in [1.54, 1.807) is 26.2 Å². The van der Waals surface area contributed by atoms with Crippen LogP contribution in [-0.4, -0.2) is 38.0 Å². The monoisotopic (exact) mass is 288 g/mol. The van der Waals surface area contributed by atoms with Crippen molar-refractivity contribution in [3.05, 3.63) is 23.8 Å². The Balaban J connectivity index is 3.04. The van der Waals surface area contributed by atoms with E-state index in [2.05, 4.69) is 24.8 Å². The lowest BCUT2D eigenvalue weighted by Crippen LogP contribution is -2.29. The molecule has 0 fully saturated rings. The first-order valence-corrected chi connectivity index (χ1v) is 7.10. The van der Waals surface area contributed by atoms with Crippen molar-refractivity contribution in [3.8, 4) is 6.07 Å². The van der Waals surface area contributed by atoms with Crippen LogP contribution in [0.15, 0.2) is 18.2 Å². The number of nitrogens with zero attached hydrogens (tertiary/aromatic N) is 3. The van der Waals surface area contributed by atoms with Crippen LogP contribution in [0.1, 0.15) is 30.6 Å². The van der Waals surface area contributed by atoms with Crippen molar-refractivity contribution in [1.29, 1.82) is 5.26 Å². The molecule has 0 heterocycles. The number of hydrogen-bond donors (Lipinski definition) is 1. The molecule has 0 aliphatic carbocycles. The molecular formula is C16H24N4O. The SMILES string of the molecule is CC(C)CN(CCC#N)c1ccc(C(=O)N(C)C)cc1N. The molecule has 0 radical (unpaired) electrons. The van der Waals surface area contributed by atoms with Crippen LogP contribution in [0.25, 0.3) is 0 Å². The highest BCUT2D eigenvalue weighted by atomic mass is 16.2. The van der Waals surface area contributed by atoms with Crippen LogP contribution in [-0.2, 0) is 0 Å². The Labute approximate surface area is 126 Å².